The molecular formula is C14H27N3O2. The Bertz CT molecular complexity index is 330. The van der Waals surface area contributed by atoms with Crippen LogP contribution >= 0.6 is 0 Å². The maximum absolute atomic E-state index is 12.4. The Kier molecular flexibility index (Phi) is 5.35. The van der Waals surface area contributed by atoms with Gasteiger partial charge in [0.1, 0.15) is 0 Å². The fourth-order valence-corrected chi connectivity index (χ4v) is 2.18. The zero-order valence-corrected chi connectivity index (χ0v) is 12.5. The molecule has 5 nitrogen and oxygen atoms in total. The lowest BCUT2D eigenvalue weighted by molar-refractivity contribution is -0.138. The molecule has 0 saturated carbocycles. The molecule has 110 valence electrons. The smallest absolute Gasteiger partial charge is 0.237 e. The molecule has 0 spiro atoms. The van der Waals surface area contributed by atoms with Crippen molar-refractivity contribution in [3.8, 4) is 0 Å². The first-order valence-corrected chi connectivity index (χ1v) is 7.00. The summed E-state index contributed by atoms with van der Waals surface area (Å²) in [5.74, 6) is -0.136. The fourth-order valence-electron chi connectivity index (χ4n) is 2.18. The number of primary amides is 1. The van der Waals surface area contributed by atoms with Gasteiger partial charge in [0.25, 0.3) is 0 Å². The average Bonchev–Trinajstić information content (AvgIpc) is 2.77. The van der Waals surface area contributed by atoms with Gasteiger partial charge in [-0.2, -0.15) is 0 Å². The molecule has 2 unspecified atom stereocenters. The van der Waals surface area contributed by atoms with Crippen molar-refractivity contribution >= 4 is 11.8 Å². The van der Waals surface area contributed by atoms with Crippen LogP contribution in [0.5, 0.6) is 0 Å². The summed E-state index contributed by atoms with van der Waals surface area (Å²) in [6, 6.07) is 0.104. The Balaban J connectivity index is 2.68. The van der Waals surface area contributed by atoms with Crippen molar-refractivity contribution in [1.82, 2.24) is 10.2 Å². The van der Waals surface area contributed by atoms with Gasteiger partial charge in [0.2, 0.25) is 11.8 Å². The predicted molar refractivity (Wildman–Crippen MR) is 75.4 cm³/mol. The third-order valence-electron chi connectivity index (χ3n) is 4.08. The second-order valence-electron chi connectivity index (χ2n) is 6.61. The molecule has 0 radical (unpaired) electrons. The van der Waals surface area contributed by atoms with Crippen molar-refractivity contribution in [3.63, 3.8) is 0 Å². The van der Waals surface area contributed by atoms with Gasteiger partial charge in [0.15, 0.2) is 0 Å². The monoisotopic (exact) mass is 269 g/mol. The number of carbonyl (C=O) groups is 2. The molecule has 1 saturated heterocycles. The van der Waals surface area contributed by atoms with E-state index in [2.05, 4.69) is 33.0 Å². The molecule has 0 bridgehead atoms. The number of nitrogens with one attached hydrogen (secondary N) is 1. The molecule has 19 heavy (non-hydrogen) atoms. The van der Waals surface area contributed by atoms with Crippen LogP contribution in [0.4, 0.5) is 0 Å². The van der Waals surface area contributed by atoms with Crippen LogP contribution in [0.3, 0.4) is 0 Å². The first kappa shape index (κ1) is 16.0. The molecule has 0 aromatic heterocycles. The summed E-state index contributed by atoms with van der Waals surface area (Å²) in [6.07, 6.45) is 1.36. The summed E-state index contributed by atoms with van der Waals surface area (Å²) in [5.41, 5.74) is 5.35. The quantitative estimate of drug-likeness (QED) is 0.773. The number of nitrogens with two attached hydrogens (primary N) is 1. The highest BCUT2D eigenvalue weighted by atomic mass is 16.2. The summed E-state index contributed by atoms with van der Waals surface area (Å²) >= 11 is 0. The standard InChI is InChI=1S/C14H27N3O2/c1-10(14(2,3)4)7-13(19)17(9-12(15)18)11-5-6-16-8-11/h10-11,16H,5-9H2,1-4H3,(H2,15,18). The maximum atomic E-state index is 12.4. The Morgan fingerprint density at radius 3 is 2.47 bits per heavy atom. The van der Waals surface area contributed by atoms with E-state index in [0.29, 0.717) is 6.42 Å². The van der Waals surface area contributed by atoms with Gasteiger partial charge in [0, 0.05) is 19.0 Å². The van der Waals surface area contributed by atoms with Crippen LogP contribution < -0.4 is 11.1 Å². The largest absolute Gasteiger partial charge is 0.368 e. The first-order valence-electron chi connectivity index (χ1n) is 7.00. The lowest BCUT2D eigenvalue weighted by atomic mass is 9.80. The van der Waals surface area contributed by atoms with E-state index < -0.39 is 5.91 Å². The van der Waals surface area contributed by atoms with Crippen LogP contribution in [0.2, 0.25) is 0 Å². The van der Waals surface area contributed by atoms with Crippen molar-refractivity contribution in [2.75, 3.05) is 19.6 Å². The summed E-state index contributed by atoms with van der Waals surface area (Å²) in [5, 5.41) is 3.22. The number of carbonyl (C=O) groups excluding carboxylic acids is 2. The zero-order valence-electron chi connectivity index (χ0n) is 12.5. The Morgan fingerprint density at radius 1 is 1.42 bits per heavy atom. The highest BCUT2D eigenvalue weighted by Crippen LogP contribution is 2.29. The molecule has 2 atom stereocenters. The lowest BCUT2D eigenvalue weighted by Gasteiger charge is -2.32. The van der Waals surface area contributed by atoms with Crippen LogP contribution in [0.25, 0.3) is 0 Å². The van der Waals surface area contributed by atoms with Gasteiger partial charge in [-0.15, -0.1) is 0 Å². The minimum atomic E-state index is -0.441. The summed E-state index contributed by atoms with van der Waals surface area (Å²) in [7, 11) is 0. The number of hydrogen-bond donors (Lipinski definition) is 2. The van der Waals surface area contributed by atoms with E-state index in [1.54, 1.807) is 4.90 Å². The van der Waals surface area contributed by atoms with Gasteiger partial charge >= 0.3 is 0 Å². The fraction of sp³-hybridized carbons (Fsp3) is 0.857. The first-order chi connectivity index (χ1) is 8.71. The molecule has 1 aliphatic heterocycles. The molecule has 3 N–H and O–H groups in total. The normalized spacial score (nSPS) is 21.2. The third-order valence-corrected chi connectivity index (χ3v) is 4.08. The molecule has 5 heteroatoms. The number of hydrogen-bond acceptors (Lipinski definition) is 3. The number of nitrogens with zero attached hydrogens (tertiary/aromatic N) is 1. The minimum absolute atomic E-state index is 0.0298. The van der Waals surface area contributed by atoms with Gasteiger partial charge in [-0.1, -0.05) is 27.7 Å². The minimum Gasteiger partial charge on any atom is -0.368 e. The van der Waals surface area contributed by atoms with Crippen LogP contribution in [0.1, 0.15) is 40.5 Å². The zero-order chi connectivity index (χ0) is 14.6. The highest BCUT2D eigenvalue weighted by molar-refractivity contribution is 5.84. The molecule has 1 rings (SSSR count). The van der Waals surface area contributed by atoms with Crippen LogP contribution in [0, 0.1) is 11.3 Å². The highest BCUT2D eigenvalue weighted by Gasteiger charge is 2.30. The average molecular weight is 269 g/mol. The summed E-state index contributed by atoms with van der Waals surface area (Å²) < 4.78 is 0. The van der Waals surface area contributed by atoms with Gasteiger partial charge in [-0.25, -0.2) is 0 Å². The lowest BCUT2D eigenvalue weighted by Crippen LogP contribution is -2.47. The molecule has 1 aliphatic rings. The van der Waals surface area contributed by atoms with Crippen LogP contribution in [0.15, 0.2) is 0 Å². The molecule has 0 aromatic rings. The van der Waals surface area contributed by atoms with E-state index in [-0.39, 0.29) is 29.8 Å². The predicted octanol–water partition coefficient (Wildman–Crippen LogP) is 0.735. The SMILES string of the molecule is CC(CC(=O)N(CC(N)=O)C1CCNC1)C(C)(C)C. The summed E-state index contributed by atoms with van der Waals surface area (Å²) in [6.45, 7) is 10.1. The molecular weight excluding hydrogens is 242 g/mol. The van der Waals surface area contributed by atoms with Gasteiger partial charge in [-0.3, -0.25) is 9.59 Å². The van der Waals surface area contributed by atoms with Gasteiger partial charge in [-0.05, 0) is 24.3 Å². The second-order valence-corrected chi connectivity index (χ2v) is 6.61. The van der Waals surface area contributed by atoms with Crippen molar-refractivity contribution in [3.05, 3.63) is 0 Å². The number of rotatable bonds is 5. The molecule has 1 heterocycles. The van der Waals surface area contributed by atoms with E-state index >= 15 is 0 Å². The van der Waals surface area contributed by atoms with E-state index in [1.807, 2.05) is 0 Å². The third kappa shape index (κ3) is 4.82. The van der Waals surface area contributed by atoms with E-state index in [0.717, 1.165) is 19.5 Å². The van der Waals surface area contributed by atoms with Crippen LogP contribution in [-0.2, 0) is 9.59 Å². The van der Waals surface area contributed by atoms with Crippen molar-refractivity contribution < 1.29 is 9.59 Å². The molecule has 1 fully saturated rings. The topological polar surface area (TPSA) is 75.4 Å². The number of amides is 2. The van der Waals surface area contributed by atoms with E-state index in [1.165, 1.54) is 0 Å². The Morgan fingerprint density at radius 2 is 2.05 bits per heavy atom. The second kappa shape index (κ2) is 6.37. The molecule has 2 amide bonds. The Labute approximate surface area is 115 Å². The van der Waals surface area contributed by atoms with Crippen molar-refractivity contribution in [1.29, 1.82) is 0 Å². The van der Waals surface area contributed by atoms with Crippen molar-refractivity contribution in [2.45, 2.75) is 46.6 Å². The van der Waals surface area contributed by atoms with Gasteiger partial charge < -0.3 is 16.0 Å². The summed E-state index contributed by atoms with van der Waals surface area (Å²) in [4.78, 5) is 25.2. The maximum Gasteiger partial charge on any atom is 0.237 e. The van der Waals surface area contributed by atoms with Crippen LogP contribution in [-0.4, -0.2) is 42.4 Å². The van der Waals surface area contributed by atoms with Gasteiger partial charge in [0.05, 0.1) is 6.54 Å². The van der Waals surface area contributed by atoms with E-state index in [9.17, 15) is 9.59 Å². The van der Waals surface area contributed by atoms with Crippen molar-refractivity contribution in [2.24, 2.45) is 17.1 Å². The molecule has 0 aliphatic carbocycles. The van der Waals surface area contributed by atoms with E-state index in [4.69, 9.17) is 5.73 Å². The molecule has 0 aromatic carbocycles. The Hall–Kier alpha value is -1.10.